The normalized spacial score (nSPS) is 10.8. The summed E-state index contributed by atoms with van der Waals surface area (Å²) in [5, 5.41) is 4.43. The van der Waals surface area contributed by atoms with Crippen LogP contribution in [0.1, 0.15) is 5.56 Å². The summed E-state index contributed by atoms with van der Waals surface area (Å²) in [6.07, 6.45) is 0. The third-order valence-corrected chi connectivity index (χ3v) is 5.94. The van der Waals surface area contributed by atoms with E-state index in [2.05, 4.69) is 10.3 Å². The molecule has 0 unspecified atom stereocenters. The molecule has 0 aliphatic rings. The molecule has 4 rings (SSSR count). The third kappa shape index (κ3) is 4.95. The second kappa shape index (κ2) is 9.89. The second-order valence-corrected chi connectivity index (χ2v) is 8.33. The molecular weight excluding hydrogens is 446 g/mol. The fraction of sp³-hybridized carbons (Fsp3) is 0.125. The summed E-state index contributed by atoms with van der Waals surface area (Å²) in [6.45, 7) is 0.369. The van der Waals surface area contributed by atoms with Gasteiger partial charge in [-0.1, -0.05) is 53.7 Å². The number of fused-ring (bicyclic) bond motifs is 1. The average Bonchev–Trinajstić information content (AvgIpc) is 2.81. The largest absolute Gasteiger partial charge is 0.497 e. The Balaban J connectivity index is 1.61. The predicted octanol–water partition coefficient (Wildman–Crippen LogP) is 4.46. The summed E-state index contributed by atoms with van der Waals surface area (Å²) in [5.41, 5.74) is 1.91. The first-order valence-electron chi connectivity index (χ1n) is 9.85. The zero-order valence-electron chi connectivity index (χ0n) is 17.2. The number of nitrogens with one attached hydrogen (secondary N) is 1. The fourth-order valence-corrected chi connectivity index (χ4v) is 4.27. The first-order valence-corrected chi connectivity index (χ1v) is 11.2. The number of amides is 1. The van der Waals surface area contributed by atoms with Gasteiger partial charge in [-0.25, -0.2) is 4.98 Å². The molecule has 8 heteroatoms. The highest BCUT2D eigenvalue weighted by Crippen LogP contribution is 2.23. The van der Waals surface area contributed by atoms with E-state index in [0.29, 0.717) is 39.1 Å². The molecule has 0 bridgehead atoms. The number of aromatic nitrogens is 2. The average molecular weight is 466 g/mol. The van der Waals surface area contributed by atoms with Gasteiger partial charge in [-0.15, -0.1) is 0 Å². The summed E-state index contributed by atoms with van der Waals surface area (Å²) < 4.78 is 6.82. The molecule has 0 radical (unpaired) electrons. The van der Waals surface area contributed by atoms with Crippen molar-refractivity contribution >= 4 is 40.2 Å². The Morgan fingerprint density at radius 2 is 1.91 bits per heavy atom. The topological polar surface area (TPSA) is 73.2 Å². The standard InChI is InChI=1S/C24H20ClN3O3S/c1-31-19-9-5-8-18(13-19)28-23(30)20-10-2-3-11-21(20)27-24(28)32-15-22(29)26-14-16-6-4-7-17(25)12-16/h2-13H,14-15H2,1H3,(H,26,29). The molecule has 162 valence electrons. The van der Waals surface area contributed by atoms with Gasteiger partial charge < -0.3 is 10.1 Å². The molecule has 3 aromatic carbocycles. The lowest BCUT2D eigenvalue weighted by atomic mass is 10.2. The van der Waals surface area contributed by atoms with E-state index in [-0.39, 0.29) is 17.2 Å². The molecule has 1 amide bonds. The highest BCUT2D eigenvalue weighted by atomic mass is 35.5. The van der Waals surface area contributed by atoms with Gasteiger partial charge >= 0.3 is 0 Å². The summed E-state index contributed by atoms with van der Waals surface area (Å²) in [5.74, 6) is 0.558. The molecule has 1 heterocycles. The Bertz CT molecular complexity index is 1340. The van der Waals surface area contributed by atoms with E-state index in [1.165, 1.54) is 16.3 Å². The number of carbonyl (C=O) groups excluding carboxylic acids is 1. The molecule has 0 spiro atoms. The van der Waals surface area contributed by atoms with Crippen LogP contribution >= 0.6 is 23.4 Å². The zero-order valence-corrected chi connectivity index (χ0v) is 18.8. The van der Waals surface area contributed by atoms with Crippen molar-refractivity contribution in [3.05, 3.63) is 93.7 Å². The Morgan fingerprint density at radius 1 is 1.09 bits per heavy atom. The lowest BCUT2D eigenvalue weighted by Gasteiger charge is -2.14. The lowest BCUT2D eigenvalue weighted by molar-refractivity contribution is -0.118. The van der Waals surface area contributed by atoms with Gasteiger partial charge in [0.25, 0.3) is 5.56 Å². The van der Waals surface area contributed by atoms with Crippen LogP contribution in [0.2, 0.25) is 5.02 Å². The number of thioether (sulfide) groups is 1. The Hall–Kier alpha value is -3.29. The monoisotopic (exact) mass is 465 g/mol. The van der Waals surface area contributed by atoms with E-state index in [1.54, 1.807) is 49.6 Å². The zero-order chi connectivity index (χ0) is 22.5. The molecule has 1 aromatic heterocycles. The maximum Gasteiger partial charge on any atom is 0.266 e. The summed E-state index contributed by atoms with van der Waals surface area (Å²) in [4.78, 5) is 30.4. The van der Waals surface area contributed by atoms with Crippen molar-refractivity contribution in [2.45, 2.75) is 11.7 Å². The van der Waals surface area contributed by atoms with Crippen molar-refractivity contribution in [1.82, 2.24) is 14.9 Å². The van der Waals surface area contributed by atoms with Gasteiger partial charge in [0, 0.05) is 17.6 Å². The van der Waals surface area contributed by atoms with Crippen LogP contribution in [0.5, 0.6) is 5.75 Å². The van der Waals surface area contributed by atoms with Crippen LogP contribution in [0.4, 0.5) is 0 Å². The van der Waals surface area contributed by atoms with E-state index in [0.717, 1.165) is 5.56 Å². The molecule has 0 saturated heterocycles. The van der Waals surface area contributed by atoms with Crippen LogP contribution in [-0.4, -0.2) is 28.3 Å². The highest BCUT2D eigenvalue weighted by Gasteiger charge is 2.15. The van der Waals surface area contributed by atoms with Crippen molar-refractivity contribution in [2.24, 2.45) is 0 Å². The molecule has 4 aromatic rings. The van der Waals surface area contributed by atoms with Gasteiger partial charge in [-0.3, -0.25) is 14.2 Å². The molecular formula is C24H20ClN3O3S. The van der Waals surface area contributed by atoms with Gasteiger partial charge in [-0.2, -0.15) is 0 Å². The summed E-state index contributed by atoms with van der Waals surface area (Å²) >= 11 is 7.20. The lowest BCUT2D eigenvalue weighted by Crippen LogP contribution is -2.26. The smallest absolute Gasteiger partial charge is 0.266 e. The number of hydrogen-bond donors (Lipinski definition) is 1. The number of benzene rings is 3. The number of para-hydroxylation sites is 1. The van der Waals surface area contributed by atoms with Crippen molar-refractivity contribution in [3.63, 3.8) is 0 Å². The van der Waals surface area contributed by atoms with E-state index >= 15 is 0 Å². The van der Waals surface area contributed by atoms with Crippen LogP contribution in [0.25, 0.3) is 16.6 Å². The van der Waals surface area contributed by atoms with Crippen molar-refractivity contribution in [3.8, 4) is 11.4 Å². The molecule has 0 aliphatic heterocycles. The maximum atomic E-state index is 13.3. The minimum atomic E-state index is -0.203. The van der Waals surface area contributed by atoms with Gasteiger partial charge in [-0.05, 0) is 42.0 Å². The molecule has 0 fully saturated rings. The summed E-state index contributed by atoms with van der Waals surface area (Å²) in [7, 11) is 1.57. The van der Waals surface area contributed by atoms with E-state index in [9.17, 15) is 9.59 Å². The molecule has 0 atom stereocenters. The minimum absolute atomic E-state index is 0.106. The fourth-order valence-electron chi connectivity index (χ4n) is 3.22. The van der Waals surface area contributed by atoms with Gasteiger partial charge in [0.15, 0.2) is 5.16 Å². The van der Waals surface area contributed by atoms with E-state index in [4.69, 9.17) is 16.3 Å². The third-order valence-electron chi connectivity index (χ3n) is 4.77. The van der Waals surface area contributed by atoms with Gasteiger partial charge in [0.2, 0.25) is 5.91 Å². The molecule has 0 saturated carbocycles. The predicted molar refractivity (Wildman–Crippen MR) is 128 cm³/mol. The van der Waals surface area contributed by atoms with Gasteiger partial charge in [0.05, 0.1) is 29.5 Å². The van der Waals surface area contributed by atoms with Crippen LogP contribution < -0.4 is 15.6 Å². The van der Waals surface area contributed by atoms with Crippen LogP contribution in [0.15, 0.2) is 82.7 Å². The molecule has 0 aliphatic carbocycles. The van der Waals surface area contributed by atoms with Crippen molar-refractivity contribution in [2.75, 3.05) is 12.9 Å². The number of hydrogen-bond acceptors (Lipinski definition) is 5. The minimum Gasteiger partial charge on any atom is -0.497 e. The van der Waals surface area contributed by atoms with Crippen molar-refractivity contribution < 1.29 is 9.53 Å². The number of nitrogens with zero attached hydrogens (tertiary/aromatic N) is 2. The van der Waals surface area contributed by atoms with E-state index in [1.807, 2.05) is 30.3 Å². The number of carbonyl (C=O) groups is 1. The Kier molecular flexibility index (Phi) is 6.78. The number of ether oxygens (including phenoxy) is 1. The maximum absolute atomic E-state index is 13.3. The summed E-state index contributed by atoms with van der Waals surface area (Å²) in [6, 6.07) is 21.7. The van der Waals surface area contributed by atoms with Crippen molar-refractivity contribution in [1.29, 1.82) is 0 Å². The molecule has 32 heavy (non-hydrogen) atoms. The quantitative estimate of drug-likeness (QED) is 0.322. The Labute approximate surface area is 194 Å². The second-order valence-electron chi connectivity index (χ2n) is 6.95. The first-order chi connectivity index (χ1) is 15.5. The van der Waals surface area contributed by atoms with Crippen LogP contribution in [0.3, 0.4) is 0 Å². The molecule has 1 N–H and O–H groups in total. The van der Waals surface area contributed by atoms with E-state index < -0.39 is 0 Å². The molecule has 6 nitrogen and oxygen atoms in total. The number of halogens is 1. The Morgan fingerprint density at radius 3 is 2.72 bits per heavy atom. The number of methoxy groups -OCH3 is 1. The van der Waals surface area contributed by atoms with Crippen LogP contribution in [0, 0.1) is 0 Å². The highest BCUT2D eigenvalue weighted by molar-refractivity contribution is 7.99. The number of rotatable bonds is 7. The SMILES string of the molecule is COc1cccc(-n2c(SCC(=O)NCc3cccc(Cl)c3)nc3ccccc3c2=O)c1. The van der Waals surface area contributed by atoms with Crippen LogP contribution in [-0.2, 0) is 11.3 Å². The first kappa shape index (κ1) is 21.9. The van der Waals surface area contributed by atoms with Gasteiger partial charge in [0.1, 0.15) is 5.75 Å².